The van der Waals surface area contributed by atoms with Crippen LogP contribution in [0.15, 0.2) is 18.2 Å². The van der Waals surface area contributed by atoms with Gasteiger partial charge in [0.1, 0.15) is 0 Å². The van der Waals surface area contributed by atoms with Crippen LogP contribution in [-0.2, 0) is 0 Å². The average molecular weight is 293 g/mol. The van der Waals surface area contributed by atoms with E-state index in [-0.39, 0.29) is 17.5 Å². The molecule has 3 aliphatic rings. The summed E-state index contributed by atoms with van der Waals surface area (Å²) in [5, 5.41) is 13.6. The molecule has 1 aromatic carbocycles. The number of hydrogen-bond donors (Lipinski definition) is 1. The van der Waals surface area contributed by atoms with Crippen LogP contribution in [0, 0.1) is 21.8 Å². The van der Waals surface area contributed by atoms with Crippen LogP contribution in [0.5, 0.6) is 0 Å². The van der Waals surface area contributed by atoms with Crippen LogP contribution in [0.2, 0.25) is 0 Å². The number of hydrogen-bond acceptors (Lipinski definition) is 4. The molecule has 1 unspecified atom stereocenters. The monoisotopic (exact) mass is 293 g/mol. The summed E-state index contributed by atoms with van der Waals surface area (Å²) in [6.07, 6.45) is 2.13. The molecule has 3 saturated heterocycles. The number of benzene rings is 1. The van der Waals surface area contributed by atoms with Crippen molar-refractivity contribution in [3.8, 4) is 0 Å². The molecule has 112 valence electrons. The summed E-state index contributed by atoms with van der Waals surface area (Å²) in [7, 11) is 0. The minimum absolute atomic E-state index is 0.0732. The fourth-order valence-corrected chi connectivity index (χ4v) is 3.17. The molecule has 0 aliphatic carbocycles. The third kappa shape index (κ3) is 2.73. The second-order valence-corrected chi connectivity index (χ2v) is 5.64. The van der Waals surface area contributed by atoms with Crippen molar-refractivity contribution in [2.45, 2.75) is 18.9 Å². The Bertz CT molecular complexity index is 585. The molecule has 6 nitrogen and oxygen atoms in total. The maximum Gasteiger partial charge on any atom is 0.305 e. The number of amides is 1. The van der Waals surface area contributed by atoms with Gasteiger partial charge < -0.3 is 10.2 Å². The molecule has 0 spiro atoms. The van der Waals surface area contributed by atoms with E-state index in [9.17, 15) is 19.3 Å². The van der Waals surface area contributed by atoms with Crippen molar-refractivity contribution >= 4 is 11.6 Å². The summed E-state index contributed by atoms with van der Waals surface area (Å²) in [6.45, 7) is 2.96. The van der Waals surface area contributed by atoms with Crippen molar-refractivity contribution in [3.05, 3.63) is 39.7 Å². The molecule has 2 bridgehead atoms. The van der Waals surface area contributed by atoms with Crippen molar-refractivity contribution < 1.29 is 14.1 Å². The van der Waals surface area contributed by atoms with Crippen molar-refractivity contribution in [2.24, 2.45) is 5.92 Å². The molecule has 0 aromatic heterocycles. The molecule has 3 heterocycles. The SMILES string of the molecule is O=C(NC1CN2CCC1CC2)c1ccc(F)c([N+](=O)[O-])c1. The highest BCUT2D eigenvalue weighted by Crippen LogP contribution is 2.28. The lowest BCUT2D eigenvalue weighted by Crippen LogP contribution is -2.57. The summed E-state index contributed by atoms with van der Waals surface area (Å²) >= 11 is 0. The molecule has 1 amide bonds. The van der Waals surface area contributed by atoms with Gasteiger partial charge in [0.05, 0.1) is 4.92 Å². The summed E-state index contributed by atoms with van der Waals surface area (Å²) < 4.78 is 13.3. The Morgan fingerprint density at radius 2 is 2.10 bits per heavy atom. The van der Waals surface area contributed by atoms with Crippen molar-refractivity contribution in [1.29, 1.82) is 0 Å². The maximum atomic E-state index is 13.3. The number of nitrogens with zero attached hydrogens (tertiary/aromatic N) is 2. The minimum Gasteiger partial charge on any atom is -0.348 e. The van der Waals surface area contributed by atoms with Gasteiger partial charge in [-0.25, -0.2) is 0 Å². The van der Waals surface area contributed by atoms with Crippen molar-refractivity contribution in [1.82, 2.24) is 10.2 Å². The van der Waals surface area contributed by atoms with Gasteiger partial charge in [0.2, 0.25) is 5.82 Å². The molecule has 7 heteroatoms. The number of carbonyl (C=O) groups is 1. The fraction of sp³-hybridized carbons (Fsp3) is 0.500. The summed E-state index contributed by atoms with van der Waals surface area (Å²) in [5.41, 5.74) is -0.545. The number of carbonyl (C=O) groups excluding carboxylic acids is 1. The number of rotatable bonds is 3. The zero-order valence-corrected chi connectivity index (χ0v) is 11.4. The van der Waals surface area contributed by atoms with E-state index in [0.29, 0.717) is 5.92 Å². The lowest BCUT2D eigenvalue weighted by atomic mass is 9.84. The van der Waals surface area contributed by atoms with Crippen molar-refractivity contribution in [2.75, 3.05) is 19.6 Å². The van der Waals surface area contributed by atoms with E-state index in [1.54, 1.807) is 0 Å². The lowest BCUT2D eigenvalue weighted by molar-refractivity contribution is -0.387. The van der Waals surface area contributed by atoms with Crippen LogP contribution in [0.1, 0.15) is 23.2 Å². The first kappa shape index (κ1) is 13.9. The number of nitro groups is 1. The molecule has 21 heavy (non-hydrogen) atoms. The first-order chi connectivity index (χ1) is 10.0. The normalized spacial score (nSPS) is 27.4. The van der Waals surface area contributed by atoms with Crippen LogP contribution in [0.4, 0.5) is 10.1 Å². The second-order valence-electron chi connectivity index (χ2n) is 5.64. The van der Waals surface area contributed by atoms with E-state index in [2.05, 4.69) is 10.2 Å². The van der Waals surface area contributed by atoms with Gasteiger partial charge in [0, 0.05) is 24.2 Å². The molecule has 0 saturated carbocycles. The van der Waals surface area contributed by atoms with Gasteiger partial charge in [-0.3, -0.25) is 14.9 Å². The quantitative estimate of drug-likeness (QED) is 0.678. The number of nitrogens with one attached hydrogen (secondary N) is 1. The van der Waals surface area contributed by atoms with Crippen LogP contribution >= 0.6 is 0 Å². The van der Waals surface area contributed by atoms with E-state index >= 15 is 0 Å². The van der Waals surface area contributed by atoms with E-state index < -0.39 is 16.4 Å². The average Bonchev–Trinajstić information content (AvgIpc) is 2.48. The molecule has 4 rings (SSSR count). The highest BCUT2D eigenvalue weighted by Gasteiger charge is 2.35. The Balaban J connectivity index is 1.74. The highest BCUT2D eigenvalue weighted by molar-refractivity contribution is 5.95. The van der Waals surface area contributed by atoms with Gasteiger partial charge in [-0.1, -0.05) is 0 Å². The Morgan fingerprint density at radius 3 is 2.67 bits per heavy atom. The Kier molecular flexibility index (Phi) is 3.59. The zero-order chi connectivity index (χ0) is 15.0. The third-order valence-corrected chi connectivity index (χ3v) is 4.38. The molecule has 3 aliphatic heterocycles. The third-order valence-electron chi connectivity index (χ3n) is 4.38. The number of halogens is 1. The topological polar surface area (TPSA) is 75.5 Å². The molecule has 3 fully saturated rings. The van der Waals surface area contributed by atoms with E-state index in [1.807, 2.05) is 0 Å². The van der Waals surface area contributed by atoms with Crippen LogP contribution < -0.4 is 5.32 Å². The first-order valence-corrected chi connectivity index (χ1v) is 7.02. The minimum atomic E-state index is -0.931. The highest BCUT2D eigenvalue weighted by atomic mass is 19.1. The van der Waals surface area contributed by atoms with Gasteiger partial charge in [0.15, 0.2) is 0 Å². The van der Waals surface area contributed by atoms with Gasteiger partial charge in [-0.05, 0) is 44.0 Å². The fourth-order valence-electron chi connectivity index (χ4n) is 3.17. The van der Waals surface area contributed by atoms with Crippen LogP contribution in [0.25, 0.3) is 0 Å². The molecular weight excluding hydrogens is 277 g/mol. The smallest absolute Gasteiger partial charge is 0.305 e. The molecular formula is C14H16FN3O3. The standard InChI is InChI=1S/C14H16FN3O3/c15-11-2-1-10(7-13(11)18(20)21)14(19)16-12-8-17-5-3-9(12)4-6-17/h1-2,7,9,12H,3-6,8H2,(H,16,19). The summed E-state index contributed by atoms with van der Waals surface area (Å²) in [6, 6.07) is 3.30. The van der Waals surface area contributed by atoms with E-state index in [4.69, 9.17) is 0 Å². The van der Waals surface area contributed by atoms with Crippen LogP contribution in [-0.4, -0.2) is 41.4 Å². The van der Waals surface area contributed by atoms with E-state index in [0.717, 1.165) is 44.6 Å². The van der Waals surface area contributed by atoms with Crippen molar-refractivity contribution in [3.63, 3.8) is 0 Å². The van der Waals surface area contributed by atoms with Gasteiger partial charge in [-0.2, -0.15) is 4.39 Å². The molecule has 1 aromatic rings. The molecule has 1 atom stereocenters. The zero-order valence-electron chi connectivity index (χ0n) is 11.4. The molecule has 0 radical (unpaired) electrons. The number of nitro benzene ring substituents is 1. The number of piperidine rings is 3. The predicted octanol–water partition coefficient (Wildman–Crippen LogP) is 1.56. The second kappa shape index (κ2) is 5.40. The van der Waals surface area contributed by atoms with Crippen LogP contribution in [0.3, 0.4) is 0 Å². The summed E-state index contributed by atoms with van der Waals surface area (Å²) in [5.74, 6) is -0.842. The Labute approximate surface area is 121 Å². The number of fused-ring (bicyclic) bond motifs is 3. The van der Waals surface area contributed by atoms with Gasteiger partial charge in [0.25, 0.3) is 5.91 Å². The lowest BCUT2D eigenvalue weighted by Gasteiger charge is -2.44. The van der Waals surface area contributed by atoms with Gasteiger partial charge >= 0.3 is 5.69 Å². The Hall–Kier alpha value is -2.02. The molecule has 1 N–H and O–H groups in total. The maximum absolute atomic E-state index is 13.3. The summed E-state index contributed by atoms with van der Waals surface area (Å²) in [4.78, 5) is 24.4. The van der Waals surface area contributed by atoms with E-state index in [1.165, 1.54) is 6.07 Å². The largest absolute Gasteiger partial charge is 0.348 e. The first-order valence-electron chi connectivity index (χ1n) is 7.02. The predicted molar refractivity (Wildman–Crippen MR) is 73.5 cm³/mol. The Morgan fingerprint density at radius 1 is 1.38 bits per heavy atom. The van der Waals surface area contributed by atoms with Gasteiger partial charge in [-0.15, -0.1) is 0 Å².